The van der Waals surface area contributed by atoms with Crippen molar-refractivity contribution in [3.63, 3.8) is 0 Å². The third kappa shape index (κ3) is 3.09. The van der Waals surface area contributed by atoms with E-state index in [2.05, 4.69) is 15.1 Å². The summed E-state index contributed by atoms with van der Waals surface area (Å²) in [6.07, 6.45) is 7.45. The van der Waals surface area contributed by atoms with Gasteiger partial charge < -0.3 is 9.63 Å². The van der Waals surface area contributed by atoms with Crippen LogP contribution in [0.1, 0.15) is 48.9 Å². The summed E-state index contributed by atoms with van der Waals surface area (Å²) in [5.41, 5.74) is 1.05. The van der Waals surface area contributed by atoms with E-state index in [0.717, 1.165) is 24.8 Å². The van der Waals surface area contributed by atoms with Gasteiger partial charge in [0.1, 0.15) is 0 Å². The minimum atomic E-state index is -0.770. The van der Waals surface area contributed by atoms with E-state index >= 15 is 0 Å². The van der Waals surface area contributed by atoms with Crippen LogP contribution in [0.3, 0.4) is 0 Å². The fraction of sp³-hybridized carbons (Fsp3) is 0.467. The van der Waals surface area contributed by atoms with E-state index in [0.29, 0.717) is 24.6 Å². The third-order valence-corrected chi connectivity index (χ3v) is 4.00. The summed E-state index contributed by atoms with van der Waals surface area (Å²) in [6.45, 7) is 0. The molecule has 0 saturated heterocycles. The lowest BCUT2D eigenvalue weighted by molar-refractivity contribution is -0.143. The summed E-state index contributed by atoms with van der Waals surface area (Å²) < 4.78 is 5.32. The molecule has 2 aromatic heterocycles. The maximum atomic E-state index is 11.3. The van der Waals surface area contributed by atoms with Crippen LogP contribution in [0.25, 0.3) is 0 Å². The Morgan fingerprint density at radius 3 is 2.81 bits per heavy atom. The predicted molar refractivity (Wildman–Crippen MR) is 73.7 cm³/mol. The van der Waals surface area contributed by atoms with Crippen LogP contribution in [0, 0.1) is 5.92 Å². The number of aromatic nitrogens is 3. The van der Waals surface area contributed by atoms with Crippen LogP contribution in [0.4, 0.5) is 0 Å². The molecule has 0 spiro atoms. The normalized spacial score (nSPS) is 22.1. The lowest BCUT2D eigenvalue weighted by atomic mass is 9.79. The van der Waals surface area contributed by atoms with E-state index in [1.807, 2.05) is 12.1 Å². The second kappa shape index (κ2) is 6.03. The van der Waals surface area contributed by atoms with Gasteiger partial charge in [-0.1, -0.05) is 18.0 Å². The molecule has 6 heteroatoms. The fourth-order valence-electron chi connectivity index (χ4n) is 2.90. The molecule has 1 aliphatic rings. The highest BCUT2D eigenvalue weighted by atomic mass is 16.5. The van der Waals surface area contributed by atoms with E-state index in [4.69, 9.17) is 4.52 Å². The Labute approximate surface area is 122 Å². The average Bonchev–Trinajstić information content (AvgIpc) is 2.96. The van der Waals surface area contributed by atoms with Crippen LogP contribution in [-0.2, 0) is 11.2 Å². The molecule has 1 N–H and O–H groups in total. The van der Waals surface area contributed by atoms with Crippen molar-refractivity contribution in [3.8, 4) is 0 Å². The number of hydrogen-bond acceptors (Lipinski definition) is 5. The topological polar surface area (TPSA) is 89.1 Å². The molecule has 0 aromatic carbocycles. The van der Waals surface area contributed by atoms with Crippen LogP contribution in [0.5, 0.6) is 0 Å². The zero-order valence-electron chi connectivity index (χ0n) is 11.6. The first kappa shape index (κ1) is 13.7. The van der Waals surface area contributed by atoms with Gasteiger partial charge in [-0.05, 0) is 30.5 Å². The zero-order chi connectivity index (χ0) is 14.7. The van der Waals surface area contributed by atoms with Crippen LogP contribution in [0.15, 0.2) is 29.0 Å². The number of hydrogen-bond donors (Lipinski definition) is 1. The Morgan fingerprint density at radius 2 is 2.05 bits per heavy atom. The number of carboxylic acid groups (broad SMARTS) is 1. The Hall–Kier alpha value is -2.24. The minimum absolute atomic E-state index is 0.157. The summed E-state index contributed by atoms with van der Waals surface area (Å²) in [5, 5.41) is 13.3. The van der Waals surface area contributed by atoms with Gasteiger partial charge in [-0.15, -0.1) is 0 Å². The summed E-state index contributed by atoms with van der Waals surface area (Å²) in [4.78, 5) is 19.7. The second-order valence-electron chi connectivity index (χ2n) is 5.42. The lowest BCUT2D eigenvalue weighted by Crippen LogP contribution is -2.25. The van der Waals surface area contributed by atoms with Gasteiger partial charge in [0.05, 0.1) is 11.8 Å². The molecule has 0 aliphatic heterocycles. The number of aliphatic carboxylic acids is 1. The summed E-state index contributed by atoms with van der Waals surface area (Å²) in [6, 6.07) is 3.80. The van der Waals surface area contributed by atoms with Gasteiger partial charge in [-0.25, -0.2) is 0 Å². The molecule has 2 heterocycles. The molecule has 1 aliphatic carbocycles. The SMILES string of the molecule is O=C(O)C1CCCCC1c1nc(Cc2ccncc2)no1. The summed E-state index contributed by atoms with van der Waals surface area (Å²) in [5.74, 6) is -0.284. The predicted octanol–water partition coefficient (Wildman–Crippen LogP) is 2.41. The molecule has 2 unspecified atom stereocenters. The fourth-order valence-corrected chi connectivity index (χ4v) is 2.90. The number of pyridine rings is 1. The maximum Gasteiger partial charge on any atom is 0.307 e. The van der Waals surface area contributed by atoms with E-state index in [1.54, 1.807) is 12.4 Å². The maximum absolute atomic E-state index is 11.3. The van der Waals surface area contributed by atoms with Gasteiger partial charge >= 0.3 is 5.97 Å². The van der Waals surface area contributed by atoms with Crippen LogP contribution in [0.2, 0.25) is 0 Å². The number of rotatable bonds is 4. The third-order valence-electron chi connectivity index (χ3n) is 4.00. The molecule has 0 bridgehead atoms. The molecular weight excluding hydrogens is 270 g/mol. The smallest absolute Gasteiger partial charge is 0.307 e. The van der Waals surface area contributed by atoms with E-state index in [9.17, 15) is 9.90 Å². The number of carbonyl (C=O) groups is 1. The van der Waals surface area contributed by atoms with Crippen molar-refractivity contribution < 1.29 is 14.4 Å². The highest BCUT2D eigenvalue weighted by Crippen LogP contribution is 2.37. The first-order valence-electron chi connectivity index (χ1n) is 7.18. The molecule has 1 fully saturated rings. The molecule has 6 nitrogen and oxygen atoms in total. The standard InChI is InChI=1S/C15H17N3O3/c19-15(20)12-4-2-1-3-11(12)14-17-13(18-21-14)9-10-5-7-16-8-6-10/h5-8,11-12H,1-4,9H2,(H,19,20). The highest BCUT2D eigenvalue weighted by molar-refractivity contribution is 5.71. The molecule has 0 amide bonds. The van der Waals surface area contributed by atoms with Gasteiger partial charge in [0.25, 0.3) is 0 Å². The molecule has 3 rings (SSSR count). The van der Waals surface area contributed by atoms with Gasteiger partial charge in [-0.2, -0.15) is 4.98 Å². The van der Waals surface area contributed by atoms with Crippen molar-refractivity contribution in [2.75, 3.05) is 0 Å². The van der Waals surface area contributed by atoms with Gasteiger partial charge in [-0.3, -0.25) is 9.78 Å². The largest absolute Gasteiger partial charge is 0.481 e. The first-order valence-corrected chi connectivity index (χ1v) is 7.18. The van der Waals surface area contributed by atoms with E-state index in [-0.39, 0.29) is 5.92 Å². The van der Waals surface area contributed by atoms with Crippen molar-refractivity contribution in [2.24, 2.45) is 5.92 Å². The molecule has 2 atom stereocenters. The van der Waals surface area contributed by atoms with Crippen molar-refractivity contribution in [2.45, 2.75) is 38.0 Å². The van der Waals surface area contributed by atoms with Crippen molar-refractivity contribution in [1.82, 2.24) is 15.1 Å². The first-order chi connectivity index (χ1) is 10.2. The van der Waals surface area contributed by atoms with Crippen molar-refractivity contribution >= 4 is 5.97 Å². The second-order valence-corrected chi connectivity index (χ2v) is 5.42. The Kier molecular flexibility index (Phi) is 3.94. The van der Waals surface area contributed by atoms with E-state index in [1.165, 1.54) is 0 Å². The Balaban J connectivity index is 1.76. The molecule has 1 saturated carbocycles. The Bertz CT molecular complexity index is 612. The number of nitrogens with zero attached hydrogens (tertiary/aromatic N) is 3. The zero-order valence-corrected chi connectivity index (χ0v) is 11.6. The average molecular weight is 287 g/mol. The van der Waals surface area contributed by atoms with Crippen LogP contribution in [-0.4, -0.2) is 26.2 Å². The van der Waals surface area contributed by atoms with Gasteiger partial charge in [0.2, 0.25) is 5.89 Å². The van der Waals surface area contributed by atoms with Gasteiger partial charge in [0.15, 0.2) is 5.82 Å². The lowest BCUT2D eigenvalue weighted by Gasteiger charge is -2.25. The van der Waals surface area contributed by atoms with Crippen LogP contribution >= 0.6 is 0 Å². The molecular formula is C15H17N3O3. The molecule has 110 valence electrons. The van der Waals surface area contributed by atoms with Gasteiger partial charge in [0, 0.05) is 18.8 Å². The molecule has 21 heavy (non-hydrogen) atoms. The quantitative estimate of drug-likeness (QED) is 0.928. The molecule has 2 aromatic rings. The Morgan fingerprint density at radius 1 is 1.29 bits per heavy atom. The summed E-state index contributed by atoms with van der Waals surface area (Å²) >= 11 is 0. The molecule has 0 radical (unpaired) electrons. The van der Waals surface area contributed by atoms with Crippen molar-refractivity contribution in [3.05, 3.63) is 41.8 Å². The highest BCUT2D eigenvalue weighted by Gasteiger charge is 2.35. The van der Waals surface area contributed by atoms with Crippen LogP contribution < -0.4 is 0 Å². The monoisotopic (exact) mass is 287 g/mol. The van der Waals surface area contributed by atoms with Crippen molar-refractivity contribution in [1.29, 1.82) is 0 Å². The minimum Gasteiger partial charge on any atom is -0.481 e. The van der Waals surface area contributed by atoms with E-state index < -0.39 is 11.9 Å². The number of carboxylic acids is 1. The summed E-state index contributed by atoms with van der Waals surface area (Å²) in [7, 11) is 0.